The largest absolute Gasteiger partial charge is 0.513 e. The van der Waals surface area contributed by atoms with Gasteiger partial charge in [0, 0.05) is 6.42 Å². The van der Waals surface area contributed by atoms with E-state index in [9.17, 15) is 0 Å². The predicted molar refractivity (Wildman–Crippen MR) is 40.5 cm³/mol. The molecule has 1 aliphatic rings. The number of hydrogen-bond donors (Lipinski definition) is 1. The zero-order chi connectivity index (χ0) is 7.11. The van der Waals surface area contributed by atoms with E-state index < -0.39 is 0 Å². The van der Waals surface area contributed by atoms with Gasteiger partial charge < -0.3 is 5.11 Å². The van der Waals surface area contributed by atoms with Crippen LogP contribution in [0.25, 0.3) is 0 Å². The Hall–Kier alpha value is -0.460. The molecular weight excluding hydrogens is 112 g/mol. The quantitative estimate of drug-likeness (QED) is 0.531. The molecule has 0 bridgehead atoms. The SMILES string of the molecule is CC.OC1=CCCCC1. The Morgan fingerprint density at radius 1 is 1.33 bits per heavy atom. The lowest BCUT2D eigenvalue weighted by Crippen LogP contribution is -1.88. The molecule has 0 heterocycles. The van der Waals surface area contributed by atoms with E-state index in [-0.39, 0.29) is 0 Å². The highest BCUT2D eigenvalue weighted by atomic mass is 16.3. The summed E-state index contributed by atoms with van der Waals surface area (Å²) in [5, 5.41) is 8.77. The Labute approximate surface area is 57.4 Å². The summed E-state index contributed by atoms with van der Waals surface area (Å²) in [6.45, 7) is 4.00. The van der Waals surface area contributed by atoms with Gasteiger partial charge in [-0.15, -0.1) is 0 Å². The van der Waals surface area contributed by atoms with Gasteiger partial charge in [0.05, 0.1) is 5.76 Å². The predicted octanol–water partition coefficient (Wildman–Crippen LogP) is 3.03. The first kappa shape index (κ1) is 8.54. The fourth-order valence-electron chi connectivity index (χ4n) is 0.821. The highest BCUT2D eigenvalue weighted by Gasteiger charge is 1.97. The van der Waals surface area contributed by atoms with Crippen LogP contribution in [0.4, 0.5) is 0 Å². The minimum atomic E-state index is 0.589. The van der Waals surface area contributed by atoms with Crippen LogP contribution in [0.1, 0.15) is 39.5 Å². The van der Waals surface area contributed by atoms with Crippen molar-refractivity contribution in [2.75, 3.05) is 0 Å². The van der Waals surface area contributed by atoms with Gasteiger partial charge in [0.25, 0.3) is 0 Å². The first-order chi connectivity index (χ1) is 4.39. The first-order valence-electron chi connectivity index (χ1n) is 3.77. The van der Waals surface area contributed by atoms with Crippen molar-refractivity contribution in [3.8, 4) is 0 Å². The zero-order valence-corrected chi connectivity index (χ0v) is 6.35. The minimum absolute atomic E-state index is 0.589. The number of hydrogen-bond acceptors (Lipinski definition) is 1. The van der Waals surface area contributed by atoms with Crippen LogP contribution in [0, 0.1) is 0 Å². The Morgan fingerprint density at radius 3 is 2.22 bits per heavy atom. The fourth-order valence-corrected chi connectivity index (χ4v) is 0.821. The van der Waals surface area contributed by atoms with Gasteiger partial charge in [0.15, 0.2) is 0 Å². The lowest BCUT2D eigenvalue weighted by molar-refractivity contribution is 0.368. The molecule has 0 saturated heterocycles. The summed E-state index contributed by atoms with van der Waals surface area (Å²) in [6.07, 6.45) is 6.31. The van der Waals surface area contributed by atoms with Gasteiger partial charge in [-0.05, 0) is 25.3 Å². The van der Waals surface area contributed by atoms with Crippen molar-refractivity contribution in [1.29, 1.82) is 0 Å². The van der Waals surface area contributed by atoms with E-state index in [1.54, 1.807) is 0 Å². The molecule has 1 nitrogen and oxygen atoms in total. The molecule has 0 radical (unpaired) electrons. The molecule has 0 unspecified atom stereocenters. The van der Waals surface area contributed by atoms with Crippen molar-refractivity contribution in [3.63, 3.8) is 0 Å². The molecule has 1 rings (SSSR count). The van der Waals surface area contributed by atoms with Gasteiger partial charge in [0.2, 0.25) is 0 Å². The third-order valence-corrected chi connectivity index (χ3v) is 1.27. The summed E-state index contributed by atoms with van der Waals surface area (Å²) < 4.78 is 0. The summed E-state index contributed by atoms with van der Waals surface area (Å²) in [7, 11) is 0. The summed E-state index contributed by atoms with van der Waals surface area (Å²) in [5.41, 5.74) is 0. The van der Waals surface area contributed by atoms with Crippen molar-refractivity contribution in [3.05, 3.63) is 11.8 Å². The highest BCUT2D eigenvalue weighted by molar-refractivity contribution is 4.93. The van der Waals surface area contributed by atoms with E-state index >= 15 is 0 Å². The van der Waals surface area contributed by atoms with Crippen LogP contribution in [-0.4, -0.2) is 5.11 Å². The number of allylic oxidation sites excluding steroid dienone is 2. The van der Waals surface area contributed by atoms with Crippen molar-refractivity contribution in [2.24, 2.45) is 0 Å². The second-order valence-electron chi connectivity index (χ2n) is 1.94. The molecule has 1 aliphatic carbocycles. The lowest BCUT2D eigenvalue weighted by Gasteiger charge is -2.04. The lowest BCUT2D eigenvalue weighted by atomic mass is 10.1. The molecule has 54 valence electrons. The molecule has 0 atom stereocenters. The average Bonchev–Trinajstić information content (AvgIpc) is 1.94. The Morgan fingerprint density at radius 2 is 2.00 bits per heavy atom. The molecule has 1 N–H and O–H groups in total. The van der Waals surface area contributed by atoms with Gasteiger partial charge in [-0.1, -0.05) is 13.8 Å². The van der Waals surface area contributed by atoms with Crippen LogP contribution in [0.15, 0.2) is 11.8 Å². The first-order valence-corrected chi connectivity index (χ1v) is 3.77. The van der Waals surface area contributed by atoms with E-state index in [0.29, 0.717) is 5.76 Å². The number of rotatable bonds is 0. The van der Waals surface area contributed by atoms with Gasteiger partial charge >= 0.3 is 0 Å². The topological polar surface area (TPSA) is 20.2 Å². The maximum atomic E-state index is 8.77. The zero-order valence-electron chi connectivity index (χ0n) is 6.35. The van der Waals surface area contributed by atoms with Crippen molar-refractivity contribution in [2.45, 2.75) is 39.5 Å². The molecule has 0 spiro atoms. The highest BCUT2D eigenvalue weighted by Crippen LogP contribution is 2.13. The molecule has 0 aliphatic heterocycles. The van der Waals surface area contributed by atoms with E-state index in [2.05, 4.69) is 0 Å². The van der Waals surface area contributed by atoms with Crippen LogP contribution >= 0.6 is 0 Å². The summed E-state index contributed by atoms with van der Waals surface area (Å²) in [6, 6.07) is 0. The number of aliphatic hydroxyl groups is 1. The number of aliphatic hydroxyl groups excluding tert-OH is 1. The smallest absolute Gasteiger partial charge is 0.0882 e. The van der Waals surface area contributed by atoms with Gasteiger partial charge in [-0.3, -0.25) is 0 Å². The third-order valence-electron chi connectivity index (χ3n) is 1.27. The molecule has 0 aromatic rings. The van der Waals surface area contributed by atoms with Crippen LogP contribution in [0.2, 0.25) is 0 Å². The third kappa shape index (κ3) is 4.07. The second kappa shape index (κ2) is 5.67. The summed E-state index contributed by atoms with van der Waals surface area (Å²) in [5.74, 6) is 0.589. The maximum Gasteiger partial charge on any atom is 0.0882 e. The van der Waals surface area contributed by atoms with Crippen molar-refractivity contribution >= 4 is 0 Å². The van der Waals surface area contributed by atoms with Crippen LogP contribution in [0.3, 0.4) is 0 Å². The van der Waals surface area contributed by atoms with E-state index in [1.165, 1.54) is 12.8 Å². The fraction of sp³-hybridized carbons (Fsp3) is 0.750. The summed E-state index contributed by atoms with van der Waals surface area (Å²) >= 11 is 0. The standard InChI is InChI=1S/C6H10O.C2H6/c7-6-4-2-1-3-5-6;1-2/h4,7H,1-3,5H2;1-2H3. The molecule has 0 amide bonds. The van der Waals surface area contributed by atoms with Crippen molar-refractivity contribution in [1.82, 2.24) is 0 Å². The summed E-state index contributed by atoms with van der Waals surface area (Å²) in [4.78, 5) is 0. The van der Waals surface area contributed by atoms with Crippen LogP contribution < -0.4 is 0 Å². The molecule has 0 aromatic carbocycles. The van der Waals surface area contributed by atoms with E-state index in [1.807, 2.05) is 19.9 Å². The molecular formula is C8H16O. The van der Waals surface area contributed by atoms with Gasteiger partial charge in [-0.25, -0.2) is 0 Å². The Balaban J connectivity index is 0.000000291. The van der Waals surface area contributed by atoms with Crippen LogP contribution in [0.5, 0.6) is 0 Å². The normalized spacial score (nSPS) is 17.3. The molecule has 0 saturated carbocycles. The molecule has 9 heavy (non-hydrogen) atoms. The molecule has 0 aromatic heterocycles. The average molecular weight is 128 g/mol. The monoisotopic (exact) mass is 128 g/mol. The van der Waals surface area contributed by atoms with E-state index in [4.69, 9.17) is 5.11 Å². The van der Waals surface area contributed by atoms with Crippen molar-refractivity contribution < 1.29 is 5.11 Å². The molecule has 1 heteroatoms. The Bertz CT molecular complexity index is 84.6. The Kier molecular flexibility index (Phi) is 5.38. The second-order valence-corrected chi connectivity index (χ2v) is 1.94. The van der Waals surface area contributed by atoms with Crippen LogP contribution in [-0.2, 0) is 0 Å². The maximum absolute atomic E-state index is 8.77. The van der Waals surface area contributed by atoms with Gasteiger partial charge in [-0.2, -0.15) is 0 Å². The minimum Gasteiger partial charge on any atom is -0.513 e. The molecule has 0 fully saturated rings. The van der Waals surface area contributed by atoms with Gasteiger partial charge in [0.1, 0.15) is 0 Å². The van der Waals surface area contributed by atoms with E-state index in [0.717, 1.165) is 12.8 Å².